The molecule has 1 atom stereocenters. The van der Waals surface area contributed by atoms with E-state index in [1.54, 1.807) is 12.3 Å². The number of carbonyl (C=O) groups excluding carboxylic acids is 1. The first kappa shape index (κ1) is 19.8. The van der Waals surface area contributed by atoms with Gasteiger partial charge in [-0.25, -0.2) is 9.78 Å². The van der Waals surface area contributed by atoms with E-state index in [9.17, 15) is 4.79 Å². The summed E-state index contributed by atoms with van der Waals surface area (Å²) in [6, 6.07) is 2.01. The first-order chi connectivity index (χ1) is 11.9. The molecule has 1 saturated heterocycles. The van der Waals surface area contributed by atoms with Crippen LogP contribution in [-0.4, -0.2) is 52.0 Å². The van der Waals surface area contributed by atoms with Gasteiger partial charge in [-0.1, -0.05) is 11.8 Å². The van der Waals surface area contributed by atoms with Gasteiger partial charge in [0.05, 0.1) is 6.61 Å². The van der Waals surface area contributed by atoms with Crippen LogP contribution >= 0.6 is 11.8 Å². The number of hydrogen-bond acceptors (Lipinski definition) is 6. The highest BCUT2D eigenvalue weighted by Crippen LogP contribution is 2.23. The van der Waals surface area contributed by atoms with Gasteiger partial charge in [0.2, 0.25) is 5.88 Å². The van der Waals surface area contributed by atoms with Gasteiger partial charge in [0.25, 0.3) is 0 Å². The number of piperidine rings is 1. The molecule has 1 aromatic heterocycles. The maximum absolute atomic E-state index is 12.4. The maximum atomic E-state index is 12.4. The van der Waals surface area contributed by atoms with Gasteiger partial charge >= 0.3 is 6.09 Å². The van der Waals surface area contributed by atoms with E-state index in [1.165, 1.54) is 11.8 Å². The maximum Gasteiger partial charge on any atom is 0.410 e. The largest absolute Gasteiger partial charge is 0.478 e. The fourth-order valence-corrected chi connectivity index (χ4v) is 3.21. The number of amides is 1. The van der Waals surface area contributed by atoms with E-state index in [4.69, 9.17) is 9.47 Å². The number of aromatic nitrogens is 2. The monoisotopic (exact) mass is 367 g/mol. The number of likely N-dealkylation sites (tertiary alicyclic amines) is 1. The normalized spacial score (nSPS) is 18.1. The van der Waals surface area contributed by atoms with Gasteiger partial charge in [-0.15, -0.1) is 0 Å². The third-order valence-electron chi connectivity index (χ3n) is 3.98. The lowest BCUT2D eigenvalue weighted by atomic mass is 9.98. The summed E-state index contributed by atoms with van der Waals surface area (Å²) in [5, 5.41) is 0.709. The molecule has 1 aliphatic heterocycles. The standard InChI is InChI=1S/C18H29N3O3S/c1-18(2,3)24-17(22)21-12-6-5-8-14(21)9-7-13-23-15-10-11-19-16(20-15)25-4/h10-11,14H,5-9,12-13H2,1-4H3. The average Bonchev–Trinajstić information content (AvgIpc) is 2.58. The van der Waals surface area contributed by atoms with Crippen LogP contribution in [-0.2, 0) is 4.74 Å². The highest BCUT2D eigenvalue weighted by atomic mass is 32.2. The molecule has 1 fully saturated rings. The summed E-state index contributed by atoms with van der Waals surface area (Å²) in [5.74, 6) is 0.604. The summed E-state index contributed by atoms with van der Waals surface area (Å²) in [5.41, 5.74) is -0.454. The second-order valence-corrected chi connectivity index (χ2v) is 7.97. The lowest BCUT2D eigenvalue weighted by molar-refractivity contribution is 0.00822. The van der Waals surface area contributed by atoms with E-state index < -0.39 is 5.60 Å². The van der Waals surface area contributed by atoms with E-state index in [-0.39, 0.29) is 12.1 Å². The third kappa shape index (κ3) is 6.72. The van der Waals surface area contributed by atoms with Gasteiger partial charge in [-0.2, -0.15) is 4.98 Å². The first-order valence-electron chi connectivity index (χ1n) is 8.88. The molecule has 0 bridgehead atoms. The summed E-state index contributed by atoms with van der Waals surface area (Å²) < 4.78 is 11.3. The van der Waals surface area contributed by atoms with Crippen LogP contribution < -0.4 is 4.74 Å². The third-order valence-corrected chi connectivity index (χ3v) is 4.54. The van der Waals surface area contributed by atoms with Crippen molar-refractivity contribution in [3.8, 4) is 5.88 Å². The predicted molar refractivity (Wildman–Crippen MR) is 99.1 cm³/mol. The van der Waals surface area contributed by atoms with Gasteiger partial charge in [-0.3, -0.25) is 0 Å². The van der Waals surface area contributed by atoms with Crippen LogP contribution in [0.3, 0.4) is 0 Å². The molecular weight excluding hydrogens is 338 g/mol. The molecule has 25 heavy (non-hydrogen) atoms. The van der Waals surface area contributed by atoms with Crippen molar-refractivity contribution in [2.24, 2.45) is 0 Å². The van der Waals surface area contributed by atoms with Crippen LogP contribution in [0.15, 0.2) is 17.4 Å². The van der Waals surface area contributed by atoms with E-state index >= 15 is 0 Å². The minimum atomic E-state index is -0.454. The van der Waals surface area contributed by atoms with E-state index in [0.29, 0.717) is 17.6 Å². The molecule has 0 spiro atoms. The summed E-state index contributed by atoms with van der Waals surface area (Å²) in [4.78, 5) is 22.7. The van der Waals surface area contributed by atoms with Crippen LogP contribution in [0.5, 0.6) is 5.88 Å². The number of hydrogen-bond donors (Lipinski definition) is 0. The number of rotatable bonds is 6. The van der Waals surface area contributed by atoms with Gasteiger partial charge in [-0.05, 0) is 59.1 Å². The second kappa shape index (κ2) is 9.27. The van der Waals surface area contributed by atoms with Crippen molar-refractivity contribution in [3.63, 3.8) is 0 Å². The van der Waals surface area contributed by atoms with Crippen LogP contribution in [0.1, 0.15) is 52.9 Å². The van der Waals surface area contributed by atoms with E-state index in [0.717, 1.165) is 38.6 Å². The van der Waals surface area contributed by atoms with Gasteiger partial charge < -0.3 is 14.4 Å². The quantitative estimate of drug-likeness (QED) is 0.428. The highest BCUT2D eigenvalue weighted by Gasteiger charge is 2.30. The Labute approximate surface area is 154 Å². The molecule has 0 aromatic carbocycles. The van der Waals surface area contributed by atoms with Gasteiger partial charge in [0, 0.05) is 24.8 Å². The Morgan fingerprint density at radius 3 is 2.92 bits per heavy atom. The van der Waals surface area contributed by atoms with Crippen molar-refractivity contribution in [1.82, 2.24) is 14.9 Å². The lowest BCUT2D eigenvalue weighted by Gasteiger charge is -2.36. The summed E-state index contributed by atoms with van der Waals surface area (Å²) in [6.07, 6.45) is 8.48. The summed E-state index contributed by atoms with van der Waals surface area (Å²) in [6.45, 7) is 7.08. The molecule has 7 heteroatoms. The molecule has 1 aromatic rings. The minimum absolute atomic E-state index is 0.196. The Morgan fingerprint density at radius 2 is 2.20 bits per heavy atom. The fraction of sp³-hybridized carbons (Fsp3) is 0.722. The predicted octanol–water partition coefficient (Wildman–Crippen LogP) is 4.15. The molecule has 0 radical (unpaired) electrons. The average molecular weight is 368 g/mol. The molecule has 1 aliphatic rings. The van der Waals surface area contributed by atoms with Crippen molar-refractivity contribution >= 4 is 17.9 Å². The number of ether oxygens (including phenoxy) is 2. The minimum Gasteiger partial charge on any atom is -0.478 e. The Bertz CT molecular complexity index is 563. The van der Waals surface area contributed by atoms with Crippen LogP contribution in [0.25, 0.3) is 0 Å². The Morgan fingerprint density at radius 1 is 1.40 bits per heavy atom. The first-order valence-corrected chi connectivity index (χ1v) is 10.1. The Hall–Kier alpha value is -1.50. The van der Waals surface area contributed by atoms with Crippen molar-refractivity contribution in [2.75, 3.05) is 19.4 Å². The molecular formula is C18H29N3O3S. The molecule has 1 unspecified atom stereocenters. The molecule has 140 valence electrons. The van der Waals surface area contributed by atoms with Crippen molar-refractivity contribution in [1.29, 1.82) is 0 Å². The van der Waals surface area contributed by atoms with Gasteiger partial charge in [0.1, 0.15) is 5.60 Å². The number of carbonyl (C=O) groups is 1. The molecule has 1 amide bonds. The molecule has 6 nitrogen and oxygen atoms in total. The van der Waals surface area contributed by atoms with Gasteiger partial charge in [0.15, 0.2) is 5.16 Å². The van der Waals surface area contributed by atoms with Crippen molar-refractivity contribution in [2.45, 2.75) is 69.7 Å². The van der Waals surface area contributed by atoms with Crippen LogP contribution in [0.4, 0.5) is 4.79 Å². The zero-order valence-corrected chi connectivity index (χ0v) is 16.5. The lowest BCUT2D eigenvalue weighted by Crippen LogP contribution is -2.46. The topological polar surface area (TPSA) is 64.5 Å². The number of thioether (sulfide) groups is 1. The second-order valence-electron chi connectivity index (χ2n) is 7.20. The fourth-order valence-electron chi connectivity index (χ4n) is 2.86. The van der Waals surface area contributed by atoms with E-state index in [2.05, 4.69) is 9.97 Å². The molecule has 0 saturated carbocycles. The zero-order chi connectivity index (χ0) is 18.3. The Kier molecular flexibility index (Phi) is 7.35. The molecule has 0 aliphatic carbocycles. The van der Waals surface area contributed by atoms with E-state index in [1.807, 2.05) is 31.9 Å². The van der Waals surface area contributed by atoms with Crippen molar-refractivity contribution < 1.29 is 14.3 Å². The molecule has 0 N–H and O–H groups in total. The SMILES string of the molecule is CSc1nccc(OCCCC2CCCCN2C(=O)OC(C)(C)C)n1. The summed E-state index contributed by atoms with van der Waals surface area (Å²) in [7, 11) is 0. The van der Waals surface area contributed by atoms with Crippen LogP contribution in [0, 0.1) is 0 Å². The number of nitrogens with zero attached hydrogens (tertiary/aromatic N) is 3. The smallest absolute Gasteiger partial charge is 0.410 e. The Balaban J connectivity index is 1.80. The zero-order valence-electron chi connectivity index (χ0n) is 15.7. The summed E-state index contributed by atoms with van der Waals surface area (Å²) >= 11 is 1.49. The van der Waals surface area contributed by atoms with Crippen LogP contribution in [0.2, 0.25) is 0 Å². The molecule has 2 rings (SSSR count). The highest BCUT2D eigenvalue weighted by molar-refractivity contribution is 7.98. The van der Waals surface area contributed by atoms with Crippen molar-refractivity contribution in [3.05, 3.63) is 12.3 Å². The molecule has 2 heterocycles.